The lowest BCUT2D eigenvalue weighted by molar-refractivity contribution is 0.346. The molecule has 1 aliphatic heterocycles. The van der Waals surface area contributed by atoms with Crippen LogP contribution in [0.15, 0.2) is 23.8 Å². The highest BCUT2D eigenvalue weighted by Crippen LogP contribution is 2.54. The number of piperazine rings is 1. The molecule has 0 spiro atoms. The quantitative estimate of drug-likeness (QED) is 0.785. The molecule has 3 aliphatic rings. The Balaban J connectivity index is 1.83. The highest BCUT2D eigenvalue weighted by molar-refractivity contribution is 6.76. The van der Waals surface area contributed by atoms with E-state index in [0.717, 1.165) is 23.3 Å². The summed E-state index contributed by atoms with van der Waals surface area (Å²) in [5, 5.41) is 3.51. The Labute approximate surface area is 125 Å². The van der Waals surface area contributed by atoms with Gasteiger partial charge >= 0.3 is 0 Å². The lowest BCUT2D eigenvalue weighted by atomic mass is 9.81. The van der Waals surface area contributed by atoms with Gasteiger partial charge in [0, 0.05) is 26.2 Å². The monoisotopic (exact) mass is 290 g/mol. The average Bonchev–Trinajstić information content (AvgIpc) is 2.79. The topological polar surface area (TPSA) is 15.3 Å². The Hall–Kier alpha value is -0.383. The molecule has 20 heavy (non-hydrogen) atoms. The molecule has 0 aromatic rings. The van der Waals surface area contributed by atoms with Crippen molar-refractivity contribution >= 4 is 8.24 Å². The fourth-order valence-corrected chi connectivity index (χ4v) is 9.08. The van der Waals surface area contributed by atoms with E-state index in [0.29, 0.717) is 0 Å². The summed E-state index contributed by atoms with van der Waals surface area (Å²) in [5.41, 5.74) is 2.55. The van der Waals surface area contributed by atoms with Crippen molar-refractivity contribution in [3.05, 3.63) is 23.8 Å². The molecule has 3 unspecified atom stereocenters. The van der Waals surface area contributed by atoms with Crippen LogP contribution in [0.5, 0.6) is 0 Å². The van der Waals surface area contributed by atoms with Gasteiger partial charge in [-0.05, 0) is 36.6 Å². The van der Waals surface area contributed by atoms with Crippen LogP contribution in [-0.4, -0.2) is 39.0 Å². The normalized spacial score (nSPS) is 38.7. The van der Waals surface area contributed by atoms with E-state index in [1.54, 1.807) is 5.57 Å². The predicted molar refractivity (Wildman–Crippen MR) is 89.3 cm³/mol. The summed E-state index contributed by atoms with van der Waals surface area (Å²) in [7, 11) is -1.33. The lowest BCUT2D eigenvalue weighted by Crippen LogP contribution is -2.59. The number of hydrogen-bond donors (Lipinski definition) is 1. The van der Waals surface area contributed by atoms with E-state index in [1.165, 1.54) is 32.6 Å². The maximum Gasteiger partial charge on any atom is 0.126 e. The van der Waals surface area contributed by atoms with Gasteiger partial charge in [0.2, 0.25) is 0 Å². The van der Waals surface area contributed by atoms with Crippen LogP contribution in [0.25, 0.3) is 0 Å². The van der Waals surface area contributed by atoms with E-state index in [9.17, 15) is 0 Å². The SMILES string of the molecule is CC1=CC=CC2C1[C@@H](C)CC2[Si](C)(C)N1CCNCC1. The van der Waals surface area contributed by atoms with Crippen LogP contribution in [-0.2, 0) is 0 Å². The molecule has 1 heterocycles. The summed E-state index contributed by atoms with van der Waals surface area (Å²) in [6, 6.07) is 0. The molecule has 2 fully saturated rings. The first-order chi connectivity index (χ1) is 9.51. The number of nitrogens with one attached hydrogen (secondary N) is 1. The summed E-state index contributed by atoms with van der Waals surface area (Å²) >= 11 is 0. The first-order valence-electron chi connectivity index (χ1n) is 8.32. The molecule has 1 saturated heterocycles. The Morgan fingerprint density at radius 1 is 1.25 bits per heavy atom. The molecule has 0 radical (unpaired) electrons. The number of fused-ring (bicyclic) bond motifs is 1. The molecule has 0 amide bonds. The Morgan fingerprint density at radius 2 is 1.95 bits per heavy atom. The minimum absolute atomic E-state index is 0.812. The molecule has 0 aromatic heterocycles. The van der Waals surface area contributed by atoms with Gasteiger partial charge in [0.15, 0.2) is 0 Å². The smallest absolute Gasteiger partial charge is 0.126 e. The maximum absolute atomic E-state index is 3.51. The van der Waals surface area contributed by atoms with Crippen LogP contribution in [0, 0.1) is 17.8 Å². The van der Waals surface area contributed by atoms with Gasteiger partial charge in [0.1, 0.15) is 8.24 Å². The Morgan fingerprint density at radius 3 is 2.65 bits per heavy atom. The van der Waals surface area contributed by atoms with E-state index >= 15 is 0 Å². The molecule has 2 nitrogen and oxygen atoms in total. The second-order valence-corrected chi connectivity index (χ2v) is 12.3. The van der Waals surface area contributed by atoms with Crippen molar-refractivity contribution in [3.8, 4) is 0 Å². The Bertz CT molecular complexity index is 421. The van der Waals surface area contributed by atoms with Gasteiger partial charge in [0.05, 0.1) is 0 Å². The van der Waals surface area contributed by atoms with Crippen LogP contribution in [0.3, 0.4) is 0 Å². The van der Waals surface area contributed by atoms with Gasteiger partial charge < -0.3 is 9.88 Å². The second kappa shape index (κ2) is 5.43. The van der Waals surface area contributed by atoms with Gasteiger partial charge in [-0.15, -0.1) is 0 Å². The number of allylic oxidation sites excluding steroid dienone is 4. The molecule has 1 N–H and O–H groups in total. The standard InChI is InChI=1S/C17H30N2Si/c1-13-6-5-7-15-16(12-14(2)17(13)15)20(3,4)19-10-8-18-9-11-19/h5-7,14-18H,8-12H2,1-4H3/t14-,15?,16?,17?/m0/s1. The predicted octanol–water partition coefficient (Wildman–Crippen LogP) is 3.26. The zero-order valence-electron chi connectivity index (χ0n) is 13.5. The zero-order valence-corrected chi connectivity index (χ0v) is 14.5. The summed E-state index contributed by atoms with van der Waals surface area (Å²) in [4.78, 5) is 0. The first-order valence-corrected chi connectivity index (χ1v) is 11.3. The Kier molecular flexibility index (Phi) is 3.95. The third-order valence-electron chi connectivity index (χ3n) is 6.18. The highest BCUT2D eigenvalue weighted by Gasteiger charge is 2.50. The van der Waals surface area contributed by atoms with E-state index in [1.807, 2.05) is 0 Å². The van der Waals surface area contributed by atoms with E-state index in [-0.39, 0.29) is 0 Å². The van der Waals surface area contributed by atoms with Crippen molar-refractivity contribution in [1.29, 1.82) is 0 Å². The molecular weight excluding hydrogens is 260 g/mol. The van der Waals surface area contributed by atoms with Crippen molar-refractivity contribution in [2.24, 2.45) is 17.8 Å². The number of hydrogen-bond acceptors (Lipinski definition) is 2. The molecule has 0 aromatic carbocycles. The molecule has 112 valence electrons. The number of nitrogens with zero attached hydrogens (tertiary/aromatic N) is 1. The van der Waals surface area contributed by atoms with E-state index in [2.05, 4.69) is 55.1 Å². The summed E-state index contributed by atoms with van der Waals surface area (Å²) in [6.45, 7) is 15.0. The van der Waals surface area contributed by atoms with Gasteiger partial charge in [-0.3, -0.25) is 0 Å². The van der Waals surface area contributed by atoms with Crippen molar-refractivity contribution in [2.45, 2.75) is 38.9 Å². The van der Waals surface area contributed by atoms with Crippen LogP contribution in [0.2, 0.25) is 18.6 Å². The lowest BCUT2D eigenvalue weighted by Gasteiger charge is -2.45. The second-order valence-electron chi connectivity index (χ2n) is 7.61. The molecule has 4 atom stereocenters. The molecule has 0 bridgehead atoms. The minimum Gasteiger partial charge on any atom is -0.321 e. The maximum atomic E-state index is 3.51. The summed E-state index contributed by atoms with van der Waals surface area (Å²) in [5.74, 6) is 2.49. The summed E-state index contributed by atoms with van der Waals surface area (Å²) < 4.78 is 2.87. The first kappa shape index (κ1) is 14.5. The molecule has 3 rings (SSSR count). The van der Waals surface area contributed by atoms with Crippen molar-refractivity contribution in [2.75, 3.05) is 26.2 Å². The molecule has 2 aliphatic carbocycles. The van der Waals surface area contributed by atoms with Crippen LogP contribution in [0.4, 0.5) is 0 Å². The third-order valence-corrected chi connectivity index (χ3v) is 10.7. The van der Waals surface area contributed by atoms with E-state index < -0.39 is 8.24 Å². The van der Waals surface area contributed by atoms with Gasteiger partial charge in [-0.1, -0.05) is 43.8 Å². The van der Waals surface area contributed by atoms with Crippen molar-refractivity contribution in [3.63, 3.8) is 0 Å². The molecule has 3 heteroatoms. The molecular formula is C17H30N2Si. The molecule has 1 saturated carbocycles. The van der Waals surface area contributed by atoms with Crippen molar-refractivity contribution < 1.29 is 0 Å². The van der Waals surface area contributed by atoms with Crippen LogP contribution < -0.4 is 5.32 Å². The van der Waals surface area contributed by atoms with Gasteiger partial charge in [0.25, 0.3) is 0 Å². The number of rotatable bonds is 2. The largest absolute Gasteiger partial charge is 0.321 e. The third kappa shape index (κ3) is 2.34. The van der Waals surface area contributed by atoms with Crippen molar-refractivity contribution in [1.82, 2.24) is 9.88 Å². The van der Waals surface area contributed by atoms with Crippen LogP contribution in [0.1, 0.15) is 20.3 Å². The fraction of sp³-hybridized carbons (Fsp3) is 0.765. The summed E-state index contributed by atoms with van der Waals surface area (Å²) in [6.07, 6.45) is 8.64. The fourth-order valence-electron chi connectivity index (χ4n) is 5.02. The highest BCUT2D eigenvalue weighted by atomic mass is 28.3. The van der Waals surface area contributed by atoms with Gasteiger partial charge in [-0.25, -0.2) is 0 Å². The van der Waals surface area contributed by atoms with E-state index in [4.69, 9.17) is 0 Å². The van der Waals surface area contributed by atoms with Gasteiger partial charge in [-0.2, -0.15) is 0 Å². The van der Waals surface area contributed by atoms with Crippen LogP contribution >= 0.6 is 0 Å². The zero-order chi connectivity index (χ0) is 14.3. The average molecular weight is 291 g/mol. The minimum atomic E-state index is -1.33.